The molecule has 1 aromatic carbocycles. The molecule has 2 aliphatic heterocycles. The highest BCUT2D eigenvalue weighted by Gasteiger charge is 2.22. The van der Waals surface area contributed by atoms with Crippen LogP contribution in [0, 0.1) is 0 Å². The van der Waals surface area contributed by atoms with Gasteiger partial charge in [0.25, 0.3) is 5.91 Å². The Kier molecular flexibility index (Phi) is 4.60. The number of carbonyl (C=O) groups excluding carboxylic acids is 1. The summed E-state index contributed by atoms with van der Waals surface area (Å²) in [5.74, 6) is 2.33. The van der Waals surface area contributed by atoms with Gasteiger partial charge in [0.15, 0.2) is 17.3 Å². The highest BCUT2D eigenvalue weighted by molar-refractivity contribution is 5.93. The molecule has 0 atom stereocenters. The van der Waals surface area contributed by atoms with E-state index >= 15 is 0 Å². The highest BCUT2D eigenvalue weighted by Crippen LogP contribution is 2.35. The summed E-state index contributed by atoms with van der Waals surface area (Å²) in [6.07, 6.45) is 1.75. The van der Waals surface area contributed by atoms with Crippen molar-refractivity contribution < 1.29 is 23.5 Å². The second-order valence-corrected chi connectivity index (χ2v) is 6.85. The lowest BCUT2D eigenvalue weighted by Gasteiger charge is -2.18. The maximum Gasteiger partial charge on any atom is 0.269 e. The van der Waals surface area contributed by atoms with Crippen LogP contribution >= 0.6 is 0 Å². The number of carbonyl (C=O) groups is 1. The average molecular weight is 397 g/mol. The summed E-state index contributed by atoms with van der Waals surface area (Å²) in [5.41, 5.74) is 1.79. The standard InChI is InChI=1S/C19H19N5O5/c25-19(20-9-17-21-18(24-29-17)11-3-5-26-6-4-11)14-8-13(22-23-14)12-1-2-15-16(7-12)28-10-27-15/h1-2,7-8,11H,3-6,9-10H2,(H,20,25)(H,22,23). The zero-order valence-corrected chi connectivity index (χ0v) is 15.5. The van der Waals surface area contributed by atoms with Crippen LogP contribution in [0.2, 0.25) is 0 Å². The smallest absolute Gasteiger partial charge is 0.269 e. The number of H-pyrrole nitrogens is 1. The van der Waals surface area contributed by atoms with Crippen molar-refractivity contribution in [2.75, 3.05) is 20.0 Å². The van der Waals surface area contributed by atoms with Crippen LogP contribution in [0.3, 0.4) is 0 Å². The SMILES string of the molecule is O=C(NCc1nc(C2CCOCC2)no1)c1cc(-c2ccc3c(c2)OCO3)n[nH]1. The molecule has 0 unspecified atom stereocenters. The predicted octanol–water partition coefficient (Wildman–Crippen LogP) is 2.01. The fourth-order valence-electron chi connectivity index (χ4n) is 3.35. The summed E-state index contributed by atoms with van der Waals surface area (Å²) in [6.45, 7) is 1.76. The first-order valence-electron chi connectivity index (χ1n) is 9.40. The van der Waals surface area contributed by atoms with E-state index in [1.54, 1.807) is 6.07 Å². The van der Waals surface area contributed by atoms with Crippen LogP contribution in [0.1, 0.15) is 41.0 Å². The molecule has 29 heavy (non-hydrogen) atoms. The summed E-state index contributed by atoms with van der Waals surface area (Å²) in [7, 11) is 0. The molecule has 0 aliphatic carbocycles. The Bertz CT molecular complexity index is 1020. The molecule has 10 nitrogen and oxygen atoms in total. The lowest BCUT2D eigenvalue weighted by molar-refractivity contribution is 0.0830. The van der Waals surface area contributed by atoms with Crippen molar-refractivity contribution in [1.82, 2.24) is 25.7 Å². The molecule has 2 aromatic heterocycles. The Labute approximate surface area is 165 Å². The number of nitrogens with zero attached hydrogens (tertiary/aromatic N) is 3. The van der Waals surface area contributed by atoms with Gasteiger partial charge in [0.05, 0.1) is 12.2 Å². The number of hydrogen-bond acceptors (Lipinski definition) is 8. The van der Waals surface area contributed by atoms with Crippen molar-refractivity contribution in [3.63, 3.8) is 0 Å². The fourth-order valence-corrected chi connectivity index (χ4v) is 3.35. The summed E-state index contributed by atoms with van der Waals surface area (Å²) >= 11 is 0. The molecular formula is C19H19N5O5. The van der Waals surface area contributed by atoms with Crippen molar-refractivity contribution in [3.05, 3.63) is 41.7 Å². The number of rotatable bonds is 5. The van der Waals surface area contributed by atoms with E-state index in [0.29, 0.717) is 47.8 Å². The number of ether oxygens (including phenoxy) is 3. The van der Waals surface area contributed by atoms with Gasteiger partial charge in [-0.1, -0.05) is 5.16 Å². The molecule has 2 N–H and O–H groups in total. The van der Waals surface area contributed by atoms with Crippen LogP contribution in [-0.2, 0) is 11.3 Å². The van der Waals surface area contributed by atoms with Crippen molar-refractivity contribution in [3.8, 4) is 22.8 Å². The molecule has 0 bridgehead atoms. The minimum atomic E-state index is -0.310. The molecule has 2 aliphatic rings. The molecule has 1 amide bonds. The minimum absolute atomic E-state index is 0.146. The monoisotopic (exact) mass is 397 g/mol. The molecule has 0 spiro atoms. The van der Waals surface area contributed by atoms with Gasteiger partial charge in [-0.25, -0.2) is 0 Å². The summed E-state index contributed by atoms with van der Waals surface area (Å²) in [5, 5.41) is 13.7. The van der Waals surface area contributed by atoms with Gasteiger partial charge in [-0.05, 0) is 37.1 Å². The predicted molar refractivity (Wildman–Crippen MR) is 98.4 cm³/mol. The van der Waals surface area contributed by atoms with E-state index in [-0.39, 0.29) is 25.2 Å². The van der Waals surface area contributed by atoms with Crippen LogP contribution in [0.25, 0.3) is 11.3 Å². The lowest BCUT2D eigenvalue weighted by atomic mass is 10.00. The lowest BCUT2D eigenvalue weighted by Crippen LogP contribution is -2.23. The Morgan fingerprint density at radius 3 is 2.93 bits per heavy atom. The Morgan fingerprint density at radius 1 is 1.17 bits per heavy atom. The number of aromatic amines is 1. The van der Waals surface area contributed by atoms with Gasteiger partial charge < -0.3 is 24.1 Å². The molecule has 0 radical (unpaired) electrons. The quantitative estimate of drug-likeness (QED) is 0.670. The molecule has 3 aromatic rings. The molecule has 10 heteroatoms. The van der Waals surface area contributed by atoms with E-state index in [4.69, 9.17) is 18.7 Å². The topological polar surface area (TPSA) is 124 Å². The van der Waals surface area contributed by atoms with Gasteiger partial charge in [0.2, 0.25) is 12.7 Å². The molecule has 1 saturated heterocycles. The maximum absolute atomic E-state index is 12.4. The van der Waals surface area contributed by atoms with Crippen LogP contribution in [0.15, 0.2) is 28.8 Å². The second-order valence-electron chi connectivity index (χ2n) is 6.85. The van der Waals surface area contributed by atoms with Gasteiger partial charge in [-0.2, -0.15) is 10.1 Å². The van der Waals surface area contributed by atoms with Gasteiger partial charge >= 0.3 is 0 Å². The van der Waals surface area contributed by atoms with Crippen LogP contribution in [0.5, 0.6) is 11.5 Å². The van der Waals surface area contributed by atoms with E-state index < -0.39 is 0 Å². The third-order valence-electron chi connectivity index (χ3n) is 4.96. The number of fused-ring (bicyclic) bond motifs is 1. The third kappa shape index (κ3) is 3.66. The first-order chi connectivity index (χ1) is 14.3. The number of amides is 1. The highest BCUT2D eigenvalue weighted by atomic mass is 16.7. The summed E-state index contributed by atoms with van der Waals surface area (Å²) < 4.78 is 21.3. The first kappa shape index (κ1) is 17.7. The fraction of sp³-hybridized carbons (Fsp3) is 0.368. The first-order valence-corrected chi connectivity index (χ1v) is 9.40. The Hall–Kier alpha value is -3.40. The molecule has 150 valence electrons. The number of nitrogens with one attached hydrogen (secondary N) is 2. The summed E-state index contributed by atoms with van der Waals surface area (Å²) in [6, 6.07) is 7.18. The van der Waals surface area contributed by atoms with Gasteiger partial charge in [0, 0.05) is 24.7 Å². The average Bonchev–Trinajstić information content (AvgIpc) is 3.52. The van der Waals surface area contributed by atoms with Gasteiger partial charge in [0.1, 0.15) is 5.69 Å². The third-order valence-corrected chi connectivity index (χ3v) is 4.96. The van der Waals surface area contributed by atoms with Crippen LogP contribution in [-0.4, -0.2) is 46.3 Å². The second kappa shape index (κ2) is 7.55. The molecule has 0 saturated carbocycles. The zero-order valence-electron chi connectivity index (χ0n) is 15.5. The molecular weight excluding hydrogens is 378 g/mol. The van der Waals surface area contributed by atoms with E-state index in [0.717, 1.165) is 18.4 Å². The number of aromatic nitrogens is 4. The number of hydrogen-bond donors (Lipinski definition) is 2. The van der Waals surface area contributed by atoms with E-state index in [1.807, 2.05) is 18.2 Å². The van der Waals surface area contributed by atoms with Crippen molar-refractivity contribution in [2.24, 2.45) is 0 Å². The van der Waals surface area contributed by atoms with Crippen LogP contribution < -0.4 is 14.8 Å². The van der Waals surface area contributed by atoms with Gasteiger partial charge in [-0.15, -0.1) is 0 Å². The van der Waals surface area contributed by atoms with Crippen molar-refractivity contribution >= 4 is 5.91 Å². The normalized spacial score (nSPS) is 16.1. The Balaban J connectivity index is 1.21. The zero-order chi connectivity index (χ0) is 19.6. The largest absolute Gasteiger partial charge is 0.454 e. The molecule has 5 rings (SSSR count). The van der Waals surface area contributed by atoms with E-state index in [1.165, 1.54) is 0 Å². The summed E-state index contributed by atoms with van der Waals surface area (Å²) in [4.78, 5) is 16.8. The van der Waals surface area contributed by atoms with E-state index in [2.05, 4.69) is 25.7 Å². The van der Waals surface area contributed by atoms with Gasteiger partial charge in [-0.3, -0.25) is 9.89 Å². The van der Waals surface area contributed by atoms with E-state index in [9.17, 15) is 4.79 Å². The molecule has 4 heterocycles. The number of benzene rings is 1. The maximum atomic E-state index is 12.4. The van der Waals surface area contributed by atoms with Crippen molar-refractivity contribution in [1.29, 1.82) is 0 Å². The van der Waals surface area contributed by atoms with Crippen LogP contribution in [0.4, 0.5) is 0 Å². The van der Waals surface area contributed by atoms with Crippen molar-refractivity contribution in [2.45, 2.75) is 25.3 Å². The molecule has 1 fully saturated rings. The minimum Gasteiger partial charge on any atom is -0.454 e. The Morgan fingerprint density at radius 2 is 2.03 bits per heavy atom.